The number of carboxylic acids is 1. The first-order valence-corrected chi connectivity index (χ1v) is 5.26. The van der Waals surface area contributed by atoms with Crippen LogP contribution in [-0.4, -0.2) is 20.9 Å². The Balaban J connectivity index is 2.63. The Bertz CT molecular complexity index is 634. The van der Waals surface area contributed by atoms with Crippen LogP contribution in [-0.2, 0) is 0 Å². The van der Waals surface area contributed by atoms with Gasteiger partial charge >= 0.3 is 5.97 Å². The number of benzene rings is 1. The fourth-order valence-electron chi connectivity index (χ4n) is 1.80. The molecule has 1 aromatic carbocycles. The van der Waals surface area contributed by atoms with E-state index in [4.69, 9.17) is 10.8 Å². The quantitative estimate of drug-likeness (QED) is 0.796. The second kappa shape index (κ2) is 4.14. The second-order valence-corrected chi connectivity index (χ2v) is 4.03. The van der Waals surface area contributed by atoms with Gasteiger partial charge in [0, 0.05) is 11.8 Å². The van der Waals surface area contributed by atoms with E-state index < -0.39 is 17.3 Å². The van der Waals surface area contributed by atoms with Crippen molar-refractivity contribution in [1.82, 2.24) is 9.78 Å². The van der Waals surface area contributed by atoms with Crippen LogP contribution in [0.15, 0.2) is 18.2 Å². The van der Waals surface area contributed by atoms with Gasteiger partial charge < -0.3 is 10.8 Å². The van der Waals surface area contributed by atoms with E-state index in [0.717, 1.165) is 23.5 Å². The van der Waals surface area contributed by atoms with Gasteiger partial charge in [-0.05, 0) is 26.0 Å². The maximum absolute atomic E-state index is 13.6. The highest BCUT2D eigenvalue weighted by Crippen LogP contribution is 2.23. The molecule has 0 aliphatic heterocycles. The molecule has 0 radical (unpaired) electrons. The fraction of sp³-hybridized carbons (Fsp3) is 0.167. The molecule has 0 atom stereocenters. The number of aromatic nitrogens is 2. The highest BCUT2D eigenvalue weighted by atomic mass is 19.1. The molecular weight excluding hydrogens is 237 g/mol. The van der Waals surface area contributed by atoms with E-state index in [1.807, 2.05) is 19.9 Å². The molecule has 0 saturated heterocycles. The molecule has 0 aliphatic rings. The van der Waals surface area contributed by atoms with E-state index in [9.17, 15) is 9.18 Å². The van der Waals surface area contributed by atoms with Crippen molar-refractivity contribution in [2.75, 3.05) is 5.73 Å². The summed E-state index contributed by atoms with van der Waals surface area (Å²) in [6.45, 7) is 3.62. The molecule has 1 aromatic heterocycles. The van der Waals surface area contributed by atoms with Crippen molar-refractivity contribution in [1.29, 1.82) is 0 Å². The van der Waals surface area contributed by atoms with E-state index in [0.29, 0.717) is 5.69 Å². The number of carboxylic acid groups (broad SMARTS) is 1. The van der Waals surface area contributed by atoms with E-state index in [1.165, 1.54) is 4.68 Å². The van der Waals surface area contributed by atoms with Gasteiger partial charge in [-0.15, -0.1) is 0 Å². The minimum absolute atomic E-state index is 0.167. The SMILES string of the molecule is Cc1cc(C)n(-c2cc(F)c(C(=O)O)cc2N)n1. The largest absolute Gasteiger partial charge is 0.478 e. The van der Waals surface area contributed by atoms with Crippen LogP contribution < -0.4 is 5.73 Å². The van der Waals surface area contributed by atoms with E-state index in [2.05, 4.69) is 5.10 Å². The summed E-state index contributed by atoms with van der Waals surface area (Å²) >= 11 is 0. The minimum Gasteiger partial charge on any atom is -0.478 e. The lowest BCUT2D eigenvalue weighted by Crippen LogP contribution is -2.08. The van der Waals surface area contributed by atoms with Crippen LogP contribution in [0.25, 0.3) is 5.69 Å². The van der Waals surface area contributed by atoms with Crippen molar-refractivity contribution < 1.29 is 14.3 Å². The number of nitrogens with zero attached hydrogens (tertiary/aromatic N) is 2. The van der Waals surface area contributed by atoms with Crippen molar-refractivity contribution in [3.63, 3.8) is 0 Å². The average Bonchev–Trinajstić information content (AvgIpc) is 2.60. The first kappa shape index (κ1) is 12.1. The summed E-state index contributed by atoms with van der Waals surface area (Å²) in [5.74, 6) is -2.18. The van der Waals surface area contributed by atoms with E-state index in [1.54, 1.807) is 0 Å². The molecular formula is C12H12FN3O2. The maximum Gasteiger partial charge on any atom is 0.338 e. The van der Waals surface area contributed by atoms with Crippen LogP contribution in [0, 0.1) is 19.7 Å². The Morgan fingerprint density at radius 2 is 2.06 bits per heavy atom. The predicted molar refractivity (Wildman–Crippen MR) is 64.4 cm³/mol. The molecule has 0 saturated carbocycles. The van der Waals surface area contributed by atoms with E-state index in [-0.39, 0.29) is 5.69 Å². The molecule has 3 N–H and O–H groups in total. The van der Waals surface area contributed by atoms with Crippen molar-refractivity contribution in [3.05, 3.63) is 41.0 Å². The third kappa shape index (κ3) is 1.92. The van der Waals surface area contributed by atoms with Gasteiger partial charge in [0.25, 0.3) is 0 Å². The van der Waals surface area contributed by atoms with Crippen molar-refractivity contribution in [2.24, 2.45) is 0 Å². The van der Waals surface area contributed by atoms with Gasteiger partial charge in [0.05, 0.1) is 22.6 Å². The van der Waals surface area contributed by atoms with Crippen LogP contribution in [0.5, 0.6) is 0 Å². The second-order valence-electron chi connectivity index (χ2n) is 4.03. The zero-order chi connectivity index (χ0) is 13.4. The monoisotopic (exact) mass is 249 g/mol. The van der Waals surface area contributed by atoms with Gasteiger partial charge in [-0.3, -0.25) is 0 Å². The number of nitrogen functional groups attached to an aromatic ring is 1. The summed E-state index contributed by atoms with van der Waals surface area (Å²) in [6, 6.07) is 4.00. The highest BCUT2D eigenvalue weighted by Gasteiger charge is 2.16. The number of rotatable bonds is 2. The van der Waals surface area contributed by atoms with Crippen molar-refractivity contribution >= 4 is 11.7 Å². The average molecular weight is 249 g/mol. The number of hydrogen-bond acceptors (Lipinski definition) is 3. The molecule has 2 aromatic rings. The Hall–Kier alpha value is -2.37. The lowest BCUT2D eigenvalue weighted by molar-refractivity contribution is 0.0692. The first-order valence-electron chi connectivity index (χ1n) is 5.26. The number of halogens is 1. The van der Waals surface area contributed by atoms with Crippen molar-refractivity contribution in [2.45, 2.75) is 13.8 Å². The summed E-state index contributed by atoms with van der Waals surface area (Å²) in [4.78, 5) is 10.8. The Morgan fingerprint density at radius 1 is 1.39 bits per heavy atom. The van der Waals surface area contributed by atoms with Gasteiger partial charge in [0.15, 0.2) is 0 Å². The molecule has 18 heavy (non-hydrogen) atoms. The first-order chi connectivity index (χ1) is 8.40. The number of nitrogens with two attached hydrogens (primary N) is 1. The molecule has 6 heteroatoms. The summed E-state index contributed by atoms with van der Waals surface area (Å²) in [5.41, 5.74) is 7.37. The summed E-state index contributed by atoms with van der Waals surface area (Å²) in [7, 11) is 0. The number of anilines is 1. The maximum atomic E-state index is 13.6. The molecule has 94 valence electrons. The van der Waals surface area contributed by atoms with Gasteiger partial charge in [0.1, 0.15) is 5.82 Å². The molecule has 0 unspecified atom stereocenters. The third-order valence-electron chi connectivity index (χ3n) is 2.58. The highest BCUT2D eigenvalue weighted by molar-refractivity contribution is 5.90. The van der Waals surface area contributed by atoms with Crippen LogP contribution >= 0.6 is 0 Å². The van der Waals surface area contributed by atoms with Gasteiger partial charge in [-0.1, -0.05) is 0 Å². The van der Waals surface area contributed by atoms with Gasteiger partial charge in [-0.25, -0.2) is 13.9 Å². The molecule has 5 nitrogen and oxygen atoms in total. The molecule has 1 heterocycles. The molecule has 0 aliphatic carbocycles. The summed E-state index contributed by atoms with van der Waals surface area (Å²) in [5, 5.41) is 13.0. The van der Waals surface area contributed by atoms with Crippen molar-refractivity contribution in [3.8, 4) is 5.69 Å². The zero-order valence-corrected chi connectivity index (χ0v) is 9.94. The lowest BCUT2D eigenvalue weighted by Gasteiger charge is -2.09. The predicted octanol–water partition coefficient (Wildman–Crippen LogP) is 1.91. The Morgan fingerprint density at radius 3 is 2.56 bits per heavy atom. The molecule has 2 rings (SSSR count). The Kier molecular flexibility index (Phi) is 2.78. The number of aromatic carboxylic acids is 1. The summed E-state index contributed by atoms with van der Waals surface area (Å²) < 4.78 is 15.1. The zero-order valence-electron chi connectivity index (χ0n) is 9.94. The van der Waals surface area contributed by atoms with Gasteiger partial charge in [-0.2, -0.15) is 5.10 Å². The standard InChI is InChI=1S/C12H12FN3O2/c1-6-3-7(2)16(15-6)11-5-9(13)8(12(17)18)4-10(11)14/h3-5H,14H2,1-2H3,(H,17,18). The lowest BCUT2D eigenvalue weighted by atomic mass is 10.1. The molecule has 0 spiro atoms. The topological polar surface area (TPSA) is 81.1 Å². The normalized spacial score (nSPS) is 10.6. The number of aryl methyl sites for hydroxylation is 2. The molecule has 0 fully saturated rings. The van der Waals surface area contributed by atoms with Crippen LogP contribution in [0.4, 0.5) is 10.1 Å². The number of carbonyl (C=O) groups is 1. The van der Waals surface area contributed by atoms with Crippen LogP contribution in [0.3, 0.4) is 0 Å². The van der Waals surface area contributed by atoms with Crippen LogP contribution in [0.2, 0.25) is 0 Å². The van der Waals surface area contributed by atoms with E-state index >= 15 is 0 Å². The van der Waals surface area contributed by atoms with Gasteiger partial charge in [0.2, 0.25) is 0 Å². The molecule has 0 bridgehead atoms. The van der Waals surface area contributed by atoms with Crippen LogP contribution in [0.1, 0.15) is 21.7 Å². The summed E-state index contributed by atoms with van der Waals surface area (Å²) in [6.07, 6.45) is 0. The Labute approximate surface area is 103 Å². The molecule has 0 amide bonds. The smallest absolute Gasteiger partial charge is 0.338 e. The number of hydrogen-bond donors (Lipinski definition) is 2. The fourth-order valence-corrected chi connectivity index (χ4v) is 1.80. The minimum atomic E-state index is -1.35. The third-order valence-corrected chi connectivity index (χ3v) is 2.58.